The predicted molar refractivity (Wildman–Crippen MR) is 133 cm³/mol. The summed E-state index contributed by atoms with van der Waals surface area (Å²) < 4.78 is 6.32. The van der Waals surface area contributed by atoms with Gasteiger partial charge in [-0.1, -0.05) is 39.8 Å². The number of carbonyl (C=O) groups excluding carboxylic acids is 5. The van der Waals surface area contributed by atoms with Gasteiger partial charge in [0.15, 0.2) is 0 Å². The van der Waals surface area contributed by atoms with Crippen LogP contribution < -0.4 is 5.32 Å². The van der Waals surface area contributed by atoms with Gasteiger partial charge in [-0.25, -0.2) is 4.79 Å². The fourth-order valence-electron chi connectivity index (χ4n) is 4.39. The number of carbonyl (C=O) groups is 5. The maximum Gasteiger partial charge on any atom is 0.339 e. The first-order valence-corrected chi connectivity index (χ1v) is 12.7. The number of amides is 3. The summed E-state index contributed by atoms with van der Waals surface area (Å²) in [6.07, 6.45) is 4.20. The van der Waals surface area contributed by atoms with Gasteiger partial charge < -0.3 is 14.9 Å². The maximum atomic E-state index is 13.0. The summed E-state index contributed by atoms with van der Waals surface area (Å²) >= 11 is 0. The van der Waals surface area contributed by atoms with E-state index in [9.17, 15) is 24.0 Å². The Morgan fingerprint density at radius 1 is 0.944 bits per heavy atom. The molecule has 3 amide bonds. The molecule has 0 atom stereocenters. The number of imide groups is 1. The fourth-order valence-corrected chi connectivity index (χ4v) is 4.39. The predicted octanol–water partition coefficient (Wildman–Crippen LogP) is 4.00. The highest BCUT2D eigenvalue weighted by Gasteiger charge is 2.42. The van der Waals surface area contributed by atoms with Crippen LogP contribution >= 0.6 is 0 Å². The van der Waals surface area contributed by atoms with Gasteiger partial charge in [0.2, 0.25) is 0 Å². The van der Waals surface area contributed by atoms with Gasteiger partial charge in [0.25, 0.3) is 17.7 Å². The second-order valence-corrected chi connectivity index (χ2v) is 9.18. The summed E-state index contributed by atoms with van der Waals surface area (Å²) in [4.78, 5) is 65.2. The molecule has 0 saturated carbocycles. The van der Waals surface area contributed by atoms with Crippen molar-refractivity contribution >= 4 is 30.0 Å². The molecule has 9 nitrogen and oxygen atoms in total. The van der Waals surface area contributed by atoms with Gasteiger partial charge in [0, 0.05) is 37.1 Å². The van der Waals surface area contributed by atoms with E-state index >= 15 is 0 Å². The van der Waals surface area contributed by atoms with E-state index in [-0.39, 0.29) is 18.7 Å². The van der Waals surface area contributed by atoms with Crippen molar-refractivity contribution in [3.05, 3.63) is 35.4 Å². The molecular weight excluding hydrogens is 464 g/mol. The molecule has 36 heavy (non-hydrogen) atoms. The topological polar surface area (TPSA) is 119 Å². The lowest BCUT2D eigenvalue weighted by Crippen LogP contribution is -2.42. The monoisotopic (exact) mass is 502 g/mol. The van der Waals surface area contributed by atoms with Crippen LogP contribution in [-0.2, 0) is 24.0 Å². The summed E-state index contributed by atoms with van der Waals surface area (Å²) in [5, 5.41) is 3.50. The molecule has 1 fully saturated rings. The standard InChI is InChI=1S/C27H38N2O7/c1-5-26(6-2,25(34)36-29-22(31)13-14-23(29)32)16-18-35-27(7-3,8-4)15-17-28-24(33)21-11-9-20(19-30)10-12-21/h9-12,19H,5-8,13-18H2,1-4H3,(H,28,33). The highest BCUT2D eigenvalue weighted by atomic mass is 16.7. The molecule has 198 valence electrons. The third kappa shape index (κ3) is 7.00. The van der Waals surface area contributed by atoms with E-state index in [0.717, 1.165) is 19.1 Å². The zero-order valence-electron chi connectivity index (χ0n) is 21.8. The quantitative estimate of drug-likeness (QED) is 0.284. The highest BCUT2D eigenvalue weighted by Crippen LogP contribution is 2.35. The maximum absolute atomic E-state index is 13.0. The van der Waals surface area contributed by atoms with Crippen LogP contribution in [0.4, 0.5) is 0 Å². The highest BCUT2D eigenvalue weighted by molar-refractivity contribution is 6.01. The van der Waals surface area contributed by atoms with Crippen LogP contribution in [0.1, 0.15) is 99.8 Å². The van der Waals surface area contributed by atoms with E-state index < -0.39 is 28.8 Å². The molecule has 0 spiro atoms. The number of ether oxygens (including phenoxy) is 1. The van der Waals surface area contributed by atoms with E-state index in [4.69, 9.17) is 9.57 Å². The first kappa shape index (κ1) is 29.2. The molecule has 0 aliphatic carbocycles. The van der Waals surface area contributed by atoms with Crippen LogP contribution in [-0.4, -0.2) is 53.8 Å². The van der Waals surface area contributed by atoms with Gasteiger partial charge in [-0.2, -0.15) is 0 Å². The van der Waals surface area contributed by atoms with Gasteiger partial charge in [0.05, 0.1) is 11.0 Å². The molecular formula is C27H38N2O7. The normalized spacial score (nSPS) is 14.2. The van der Waals surface area contributed by atoms with Crippen LogP contribution in [0, 0.1) is 5.41 Å². The Morgan fingerprint density at radius 3 is 2.03 bits per heavy atom. The Morgan fingerprint density at radius 2 is 1.53 bits per heavy atom. The molecule has 0 bridgehead atoms. The van der Waals surface area contributed by atoms with Crippen molar-refractivity contribution in [1.29, 1.82) is 0 Å². The third-order valence-electron chi connectivity index (χ3n) is 7.42. The first-order valence-electron chi connectivity index (χ1n) is 12.7. The first-order chi connectivity index (χ1) is 17.2. The number of nitrogens with zero attached hydrogens (tertiary/aromatic N) is 1. The lowest BCUT2D eigenvalue weighted by Gasteiger charge is -2.35. The van der Waals surface area contributed by atoms with Crippen molar-refractivity contribution in [2.24, 2.45) is 5.41 Å². The number of rotatable bonds is 15. The van der Waals surface area contributed by atoms with Crippen molar-refractivity contribution in [2.45, 2.75) is 84.7 Å². The summed E-state index contributed by atoms with van der Waals surface area (Å²) in [6, 6.07) is 6.42. The molecule has 2 rings (SSSR count). The molecule has 1 aliphatic heterocycles. The van der Waals surface area contributed by atoms with E-state index in [1.807, 2.05) is 27.7 Å². The molecule has 1 aromatic carbocycles. The second-order valence-electron chi connectivity index (χ2n) is 9.18. The van der Waals surface area contributed by atoms with Crippen molar-refractivity contribution in [2.75, 3.05) is 13.2 Å². The Labute approximate surface area is 212 Å². The van der Waals surface area contributed by atoms with Crippen molar-refractivity contribution in [3.8, 4) is 0 Å². The zero-order valence-corrected chi connectivity index (χ0v) is 21.8. The van der Waals surface area contributed by atoms with Crippen molar-refractivity contribution in [3.63, 3.8) is 0 Å². The molecule has 0 aromatic heterocycles. The van der Waals surface area contributed by atoms with Crippen molar-refractivity contribution < 1.29 is 33.5 Å². The average Bonchev–Trinajstić information content (AvgIpc) is 3.22. The Hall–Kier alpha value is -3.07. The van der Waals surface area contributed by atoms with Crippen LogP contribution in [0.15, 0.2) is 24.3 Å². The summed E-state index contributed by atoms with van der Waals surface area (Å²) in [5.41, 5.74) is -0.372. The van der Waals surface area contributed by atoms with E-state index in [1.165, 1.54) is 0 Å². The van der Waals surface area contributed by atoms with Gasteiger partial charge >= 0.3 is 5.97 Å². The van der Waals surface area contributed by atoms with Gasteiger partial charge in [0.1, 0.15) is 6.29 Å². The molecule has 9 heteroatoms. The van der Waals surface area contributed by atoms with Crippen LogP contribution in [0.3, 0.4) is 0 Å². The van der Waals surface area contributed by atoms with Crippen LogP contribution in [0.5, 0.6) is 0 Å². The molecule has 1 aromatic rings. The van der Waals surface area contributed by atoms with E-state index in [0.29, 0.717) is 55.0 Å². The van der Waals surface area contributed by atoms with Gasteiger partial charge in [-0.3, -0.25) is 19.2 Å². The number of hydrogen-bond acceptors (Lipinski definition) is 7. The summed E-state index contributed by atoms with van der Waals surface area (Å²) in [6.45, 7) is 8.50. The van der Waals surface area contributed by atoms with E-state index in [2.05, 4.69) is 5.32 Å². The minimum absolute atomic E-state index is 0.0522. The summed E-state index contributed by atoms with van der Waals surface area (Å²) in [7, 11) is 0. The SMILES string of the molecule is CCC(CC)(CCNC(=O)c1ccc(C=O)cc1)OCCC(CC)(CC)C(=O)ON1C(=O)CCC1=O. The zero-order chi connectivity index (χ0) is 26.8. The molecule has 1 aliphatic rings. The molecule has 1 saturated heterocycles. The van der Waals surface area contributed by atoms with Gasteiger partial charge in [-0.15, -0.1) is 5.06 Å². The Bertz CT molecular complexity index is 918. The number of hydrogen-bond donors (Lipinski definition) is 1. The average molecular weight is 503 g/mol. The number of hydroxylamine groups is 2. The van der Waals surface area contributed by atoms with Gasteiger partial charge in [-0.05, 0) is 50.7 Å². The molecule has 1 N–H and O–H groups in total. The Kier molecular flexibility index (Phi) is 10.8. The number of nitrogens with one attached hydrogen (secondary N) is 1. The summed E-state index contributed by atoms with van der Waals surface area (Å²) in [5.74, 6) is -1.81. The van der Waals surface area contributed by atoms with E-state index in [1.54, 1.807) is 24.3 Å². The number of aldehydes is 1. The molecule has 0 unspecified atom stereocenters. The molecule has 0 radical (unpaired) electrons. The minimum Gasteiger partial charge on any atom is -0.375 e. The lowest BCUT2D eigenvalue weighted by atomic mass is 9.79. The number of benzene rings is 1. The smallest absolute Gasteiger partial charge is 0.339 e. The molecule has 1 heterocycles. The van der Waals surface area contributed by atoms with Crippen LogP contribution in [0.25, 0.3) is 0 Å². The van der Waals surface area contributed by atoms with Crippen LogP contribution in [0.2, 0.25) is 0 Å². The minimum atomic E-state index is -0.877. The fraction of sp³-hybridized carbons (Fsp3) is 0.593. The largest absolute Gasteiger partial charge is 0.375 e. The second kappa shape index (κ2) is 13.3. The Balaban J connectivity index is 1.95. The van der Waals surface area contributed by atoms with Crippen molar-refractivity contribution in [1.82, 2.24) is 10.4 Å². The third-order valence-corrected chi connectivity index (χ3v) is 7.42. The lowest BCUT2D eigenvalue weighted by molar-refractivity contribution is -0.207.